The van der Waals surface area contributed by atoms with Gasteiger partial charge >= 0.3 is 23.9 Å². The summed E-state index contributed by atoms with van der Waals surface area (Å²) in [5.74, 6) is -2.94. The first kappa shape index (κ1) is 49.3. The first-order valence-electron chi connectivity index (χ1n) is 22.5. The molecule has 66 heavy (non-hydrogen) atoms. The fraction of sp³-hybridized carbons (Fsp3) is 0.500. The van der Waals surface area contributed by atoms with Gasteiger partial charge in [-0.25, -0.2) is 4.98 Å². The van der Waals surface area contributed by atoms with Crippen LogP contribution >= 0.6 is 0 Å². The Balaban J connectivity index is 1.21. The van der Waals surface area contributed by atoms with Crippen LogP contribution in [0, 0.1) is 20.8 Å². The second kappa shape index (κ2) is 21.0. The zero-order chi connectivity index (χ0) is 48.1. The van der Waals surface area contributed by atoms with Crippen molar-refractivity contribution in [3.8, 4) is 0 Å². The third-order valence-electron chi connectivity index (χ3n) is 12.6. The number of ether oxygens (including phenoxy) is 6. The minimum absolute atomic E-state index is 0.00337. The zero-order valence-corrected chi connectivity index (χ0v) is 39.9. The monoisotopic (exact) mass is 909 g/mol. The Morgan fingerprint density at radius 1 is 0.803 bits per heavy atom. The second-order valence-corrected chi connectivity index (χ2v) is 17.3. The number of rotatable bonds is 15. The van der Waals surface area contributed by atoms with Gasteiger partial charge in [0.1, 0.15) is 12.7 Å². The van der Waals surface area contributed by atoms with E-state index in [9.17, 15) is 24.0 Å². The predicted molar refractivity (Wildman–Crippen MR) is 249 cm³/mol. The molecule has 6 rings (SSSR count). The van der Waals surface area contributed by atoms with E-state index in [4.69, 9.17) is 38.4 Å². The highest BCUT2D eigenvalue weighted by molar-refractivity contribution is 5.93. The molecule has 16 heteroatoms. The Labute approximate surface area is 385 Å². The molecule has 0 unspecified atom stereocenters. The van der Waals surface area contributed by atoms with Crippen LogP contribution in [-0.4, -0.2) is 112 Å². The molecule has 1 saturated heterocycles. The highest BCUT2D eigenvalue weighted by atomic mass is 16.7. The van der Waals surface area contributed by atoms with E-state index < -0.39 is 54.6 Å². The molecule has 7 atom stereocenters. The molecule has 3 aliphatic rings. The molecule has 0 spiro atoms. The van der Waals surface area contributed by atoms with Crippen LogP contribution in [0.25, 0.3) is 39.3 Å². The number of H-pyrrole nitrogens is 2. The molecule has 1 fully saturated rings. The van der Waals surface area contributed by atoms with Crippen molar-refractivity contribution < 1.29 is 52.4 Å². The van der Waals surface area contributed by atoms with Gasteiger partial charge in [0.2, 0.25) is 5.91 Å². The number of allylic oxidation sites excluding steroid dienone is 2. The van der Waals surface area contributed by atoms with Gasteiger partial charge in [0.05, 0.1) is 18.0 Å². The van der Waals surface area contributed by atoms with Crippen LogP contribution in [0.15, 0.2) is 30.8 Å². The van der Waals surface area contributed by atoms with E-state index >= 15 is 0 Å². The fourth-order valence-electron chi connectivity index (χ4n) is 9.09. The van der Waals surface area contributed by atoms with Crippen LogP contribution in [0.3, 0.4) is 0 Å². The summed E-state index contributed by atoms with van der Waals surface area (Å²) in [5.41, 5.74) is 14.0. The van der Waals surface area contributed by atoms with Crippen LogP contribution in [0.1, 0.15) is 131 Å². The number of carbonyl (C=O) groups excluding carboxylic acids is 5. The molecule has 6 heterocycles. The largest absolute Gasteiger partial charge is 0.463 e. The Kier molecular flexibility index (Phi) is 15.7. The third-order valence-corrected chi connectivity index (χ3v) is 12.6. The number of nitrogens with zero attached hydrogens (tertiary/aromatic N) is 3. The van der Waals surface area contributed by atoms with Gasteiger partial charge < -0.3 is 43.3 Å². The van der Waals surface area contributed by atoms with Crippen molar-refractivity contribution in [1.82, 2.24) is 24.8 Å². The lowest BCUT2D eigenvalue weighted by Gasteiger charge is -2.44. The van der Waals surface area contributed by atoms with E-state index in [1.165, 1.54) is 12.5 Å². The van der Waals surface area contributed by atoms with Crippen molar-refractivity contribution in [2.24, 2.45) is 0 Å². The number of esters is 4. The van der Waals surface area contributed by atoms with Gasteiger partial charge in [-0.05, 0) is 99.1 Å². The topological polar surface area (TPSA) is 201 Å². The van der Waals surface area contributed by atoms with Crippen molar-refractivity contribution >= 4 is 69.1 Å². The van der Waals surface area contributed by atoms with Crippen LogP contribution in [0.2, 0.25) is 0 Å². The minimum atomic E-state index is -1.34. The summed E-state index contributed by atoms with van der Waals surface area (Å²) in [4.78, 5) is 81.4. The summed E-state index contributed by atoms with van der Waals surface area (Å²) < 4.78 is 33.7. The summed E-state index contributed by atoms with van der Waals surface area (Å²) in [7, 11) is 1.73. The standard InChI is InChI=1S/C50H63N5O11/c1-13-34-27(5)40-23-43-35(14-2)26(4)39(52-43)22-41-28(6)36(46(54-41)29(7)38-20-25(3)37(51-38)21-42(34)53-40)16-17-45(60)55(12)18-15-19-61-50-49(65-33(11)59)48(64-32(10)58)47(63-31(9)57)44(66-50)24-62-30(8)56/h14,20-23,28,36,44,47-52H,2,13,15-19,24H2,1,3-12H3/t28-,36-,44+,47+,48-,49+,50+/m0/s1. The number of aromatic amines is 2. The van der Waals surface area contributed by atoms with Gasteiger partial charge in [0.15, 0.2) is 24.6 Å². The van der Waals surface area contributed by atoms with Crippen molar-refractivity contribution in [2.45, 2.75) is 137 Å². The molecular formula is C50H63N5O11. The van der Waals surface area contributed by atoms with E-state index in [-0.39, 0.29) is 37.4 Å². The molecule has 0 aromatic carbocycles. The van der Waals surface area contributed by atoms with Gasteiger partial charge in [-0.1, -0.05) is 26.5 Å². The lowest BCUT2D eigenvalue weighted by atomic mass is 9.86. The number of fused-ring (bicyclic) bond motifs is 8. The van der Waals surface area contributed by atoms with Gasteiger partial charge in [0.25, 0.3) is 0 Å². The van der Waals surface area contributed by atoms with Crippen molar-refractivity contribution in [3.05, 3.63) is 75.9 Å². The number of amides is 1. The molecule has 8 bridgehead atoms. The molecule has 0 radical (unpaired) electrons. The zero-order valence-electron chi connectivity index (χ0n) is 39.9. The molecule has 3 aromatic rings. The number of aromatic nitrogens is 4. The van der Waals surface area contributed by atoms with E-state index in [0.29, 0.717) is 19.4 Å². The third kappa shape index (κ3) is 10.9. The van der Waals surface area contributed by atoms with E-state index in [2.05, 4.69) is 82.4 Å². The highest BCUT2D eigenvalue weighted by Crippen LogP contribution is 2.42. The lowest BCUT2D eigenvalue weighted by Crippen LogP contribution is -2.63. The minimum Gasteiger partial charge on any atom is -0.463 e. The van der Waals surface area contributed by atoms with Crippen molar-refractivity contribution in [1.29, 1.82) is 0 Å². The van der Waals surface area contributed by atoms with Crippen LogP contribution in [0.5, 0.6) is 0 Å². The number of hydrogen-bond acceptors (Lipinski definition) is 13. The van der Waals surface area contributed by atoms with E-state index in [1.54, 1.807) is 11.9 Å². The second-order valence-electron chi connectivity index (χ2n) is 17.3. The molecular weight excluding hydrogens is 847 g/mol. The van der Waals surface area contributed by atoms with Gasteiger partial charge in [-0.2, -0.15) is 0 Å². The highest BCUT2D eigenvalue weighted by Gasteiger charge is 2.52. The summed E-state index contributed by atoms with van der Waals surface area (Å²) in [6.07, 6.45) is -2.51. The predicted octanol–water partition coefficient (Wildman–Crippen LogP) is 7.84. The summed E-state index contributed by atoms with van der Waals surface area (Å²) in [5, 5.41) is 0. The average Bonchev–Trinajstić information content (AvgIpc) is 3.96. The Morgan fingerprint density at radius 3 is 2.09 bits per heavy atom. The Bertz CT molecular complexity index is 2590. The van der Waals surface area contributed by atoms with Gasteiger partial charge in [-0.3, -0.25) is 29.0 Å². The first-order chi connectivity index (χ1) is 31.3. The molecule has 3 aliphatic heterocycles. The van der Waals surface area contributed by atoms with Gasteiger partial charge in [-0.15, -0.1) is 0 Å². The molecule has 2 N–H and O–H groups in total. The maximum atomic E-state index is 13.8. The van der Waals surface area contributed by atoms with E-state index in [0.717, 1.165) is 99.9 Å². The van der Waals surface area contributed by atoms with Crippen molar-refractivity contribution in [3.63, 3.8) is 0 Å². The molecule has 354 valence electrons. The molecule has 0 aliphatic carbocycles. The lowest BCUT2D eigenvalue weighted by molar-refractivity contribution is -0.308. The maximum absolute atomic E-state index is 13.8. The number of carbonyl (C=O) groups is 5. The molecule has 0 saturated carbocycles. The number of nitrogens with one attached hydrogen (secondary N) is 2. The molecule has 16 nitrogen and oxygen atoms in total. The van der Waals surface area contributed by atoms with Crippen molar-refractivity contribution in [2.75, 3.05) is 26.8 Å². The quantitative estimate of drug-likeness (QED) is 0.0850. The van der Waals surface area contributed by atoms with E-state index in [1.807, 2.05) is 6.08 Å². The smallest absolute Gasteiger partial charge is 0.303 e. The van der Waals surface area contributed by atoms with Crippen LogP contribution in [0.4, 0.5) is 0 Å². The maximum Gasteiger partial charge on any atom is 0.303 e. The summed E-state index contributed by atoms with van der Waals surface area (Å²) in [6, 6.07) is 8.51. The summed E-state index contributed by atoms with van der Waals surface area (Å²) >= 11 is 0. The normalized spacial score (nSPS) is 21.5. The average molecular weight is 910 g/mol. The van der Waals surface area contributed by atoms with Gasteiger partial charge in [0, 0.05) is 98.6 Å². The van der Waals surface area contributed by atoms with Crippen LogP contribution in [-0.2, 0) is 52.4 Å². The molecule has 3 aromatic heterocycles. The summed E-state index contributed by atoms with van der Waals surface area (Å²) in [6.45, 7) is 21.5. The number of aryl methyl sites for hydroxylation is 3. The molecule has 1 amide bonds. The van der Waals surface area contributed by atoms with Crippen LogP contribution < -0.4 is 0 Å². The Hall–Kier alpha value is -6.13. The number of hydrogen-bond donors (Lipinski definition) is 2. The SMILES string of the molecule is C=Cc1c(C)c2cc3nc(c(C)c4cc(C)c(cc5nc(cc1[nH]2)C(C)=C5CC)[nH]4)[C@@H](CCC(=O)N(C)CCCO[C@@H]1O[C@H](COC(C)=O)[C@@H](OC(C)=O)[C@H](OC(C)=O)[C@H]1OC(C)=O)[C@@H]3C. The first-order valence-corrected chi connectivity index (χ1v) is 22.5. The Morgan fingerprint density at radius 2 is 1.44 bits per heavy atom. The fourth-order valence-corrected chi connectivity index (χ4v) is 9.09.